The van der Waals surface area contributed by atoms with E-state index in [9.17, 15) is 14.4 Å². The molecule has 1 saturated heterocycles. The molecule has 27 heavy (non-hydrogen) atoms. The first kappa shape index (κ1) is 19.2. The lowest BCUT2D eigenvalue weighted by atomic mass is 9.92. The average molecular weight is 374 g/mol. The van der Waals surface area contributed by atoms with Gasteiger partial charge in [-0.25, -0.2) is 4.79 Å². The summed E-state index contributed by atoms with van der Waals surface area (Å²) < 4.78 is 5.42. The molecule has 0 bridgehead atoms. The average Bonchev–Trinajstić information content (AvgIpc) is 2.67. The van der Waals surface area contributed by atoms with Crippen LogP contribution in [0.5, 0.6) is 0 Å². The van der Waals surface area contributed by atoms with E-state index >= 15 is 0 Å². The molecule has 1 atom stereocenters. The lowest BCUT2D eigenvalue weighted by molar-refractivity contribution is -0.131. The zero-order valence-electron chi connectivity index (χ0n) is 15.7. The molecule has 146 valence electrons. The normalized spacial score (nSPS) is 26.2. The highest BCUT2D eigenvalue weighted by molar-refractivity contribution is 6.12. The van der Waals surface area contributed by atoms with Crippen LogP contribution in [0.4, 0.5) is 16.2 Å². The van der Waals surface area contributed by atoms with Crippen molar-refractivity contribution in [2.45, 2.75) is 50.3 Å². The number of methoxy groups -OCH3 is 1. The van der Waals surface area contributed by atoms with Crippen LogP contribution in [0.15, 0.2) is 24.3 Å². The number of para-hydroxylation sites is 2. The van der Waals surface area contributed by atoms with Gasteiger partial charge in [0.05, 0.1) is 23.9 Å². The van der Waals surface area contributed by atoms with Gasteiger partial charge in [-0.1, -0.05) is 12.1 Å². The van der Waals surface area contributed by atoms with Crippen LogP contribution >= 0.6 is 0 Å². The molecule has 1 aliphatic carbocycles. The van der Waals surface area contributed by atoms with Crippen LogP contribution in [0.3, 0.4) is 0 Å². The van der Waals surface area contributed by atoms with E-state index in [0.29, 0.717) is 11.8 Å². The molecular formula is C19H26N4O4. The Bertz CT molecular complexity index is 730. The zero-order chi connectivity index (χ0) is 19.6. The Morgan fingerprint density at radius 3 is 2.48 bits per heavy atom. The maximum atomic E-state index is 12.8. The lowest BCUT2D eigenvalue weighted by Crippen LogP contribution is -2.60. The molecule has 1 aliphatic heterocycles. The van der Waals surface area contributed by atoms with Gasteiger partial charge in [0.15, 0.2) is 0 Å². The van der Waals surface area contributed by atoms with Gasteiger partial charge in [0.25, 0.3) is 0 Å². The van der Waals surface area contributed by atoms with Crippen molar-refractivity contribution < 1.29 is 19.1 Å². The van der Waals surface area contributed by atoms with Gasteiger partial charge in [-0.2, -0.15) is 0 Å². The molecule has 1 saturated carbocycles. The number of anilines is 2. The van der Waals surface area contributed by atoms with Crippen LogP contribution in [-0.4, -0.2) is 55.1 Å². The molecule has 3 N–H and O–H groups in total. The van der Waals surface area contributed by atoms with Crippen molar-refractivity contribution >= 4 is 29.2 Å². The second-order valence-electron chi connectivity index (χ2n) is 7.10. The number of primary amides is 1. The summed E-state index contributed by atoms with van der Waals surface area (Å²) in [5.41, 5.74) is 6.80. The standard InChI is InChI=1S/C19H26N4O4/c1-22-17(24)11-16(18(20)25)23(19(22)26)15-6-4-3-5-14(15)21-12-7-9-13(27-2)10-8-12/h3-6,12-13,16,21H,7-11H2,1-2H3,(H2,20,25). The van der Waals surface area contributed by atoms with Gasteiger partial charge in [0.1, 0.15) is 6.04 Å². The Balaban J connectivity index is 1.86. The van der Waals surface area contributed by atoms with Crippen LogP contribution in [0.25, 0.3) is 0 Å². The molecule has 1 heterocycles. The molecule has 0 spiro atoms. The van der Waals surface area contributed by atoms with Crippen LogP contribution in [0, 0.1) is 0 Å². The number of carbonyl (C=O) groups is 3. The van der Waals surface area contributed by atoms with E-state index in [1.54, 1.807) is 19.2 Å². The largest absolute Gasteiger partial charge is 0.381 e. The van der Waals surface area contributed by atoms with E-state index in [-0.39, 0.29) is 12.5 Å². The monoisotopic (exact) mass is 374 g/mol. The Hall–Kier alpha value is -2.61. The number of nitrogens with one attached hydrogen (secondary N) is 1. The first-order valence-corrected chi connectivity index (χ1v) is 9.19. The summed E-state index contributed by atoms with van der Waals surface area (Å²) in [5.74, 6) is -1.11. The first-order valence-electron chi connectivity index (χ1n) is 9.19. The van der Waals surface area contributed by atoms with E-state index in [0.717, 1.165) is 36.3 Å². The second-order valence-corrected chi connectivity index (χ2v) is 7.10. The van der Waals surface area contributed by atoms with Gasteiger partial charge < -0.3 is 15.8 Å². The minimum Gasteiger partial charge on any atom is -0.381 e. The lowest BCUT2D eigenvalue weighted by Gasteiger charge is -2.38. The number of hydrogen-bond donors (Lipinski definition) is 2. The fourth-order valence-electron chi connectivity index (χ4n) is 3.76. The summed E-state index contributed by atoms with van der Waals surface area (Å²) in [6.07, 6.45) is 4.03. The number of carbonyl (C=O) groups excluding carboxylic acids is 3. The van der Waals surface area contributed by atoms with Gasteiger partial charge in [-0.15, -0.1) is 0 Å². The molecule has 0 radical (unpaired) electrons. The minimum absolute atomic E-state index is 0.120. The summed E-state index contributed by atoms with van der Waals surface area (Å²) in [6.45, 7) is 0. The molecule has 4 amide bonds. The number of imide groups is 1. The second kappa shape index (κ2) is 7.96. The first-order chi connectivity index (χ1) is 12.9. The van der Waals surface area contributed by atoms with Crippen molar-refractivity contribution in [1.29, 1.82) is 0 Å². The number of amides is 4. The highest BCUT2D eigenvalue weighted by atomic mass is 16.5. The van der Waals surface area contributed by atoms with Gasteiger partial charge in [-0.05, 0) is 37.8 Å². The molecule has 3 rings (SSSR count). The highest BCUT2D eigenvalue weighted by Gasteiger charge is 2.41. The van der Waals surface area contributed by atoms with Crippen LogP contribution in [0.2, 0.25) is 0 Å². The van der Waals surface area contributed by atoms with E-state index < -0.39 is 23.9 Å². The number of nitrogens with zero attached hydrogens (tertiary/aromatic N) is 2. The predicted molar refractivity (Wildman–Crippen MR) is 101 cm³/mol. The Kier molecular flexibility index (Phi) is 5.65. The number of rotatable bonds is 5. The summed E-state index contributed by atoms with van der Waals surface area (Å²) in [7, 11) is 3.15. The molecule has 0 aromatic heterocycles. The third-order valence-electron chi connectivity index (χ3n) is 5.41. The van der Waals surface area contributed by atoms with Crippen LogP contribution in [0.1, 0.15) is 32.1 Å². The SMILES string of the molecule is COC1CCC(Nc2ccccc2N2C(=O)N(C)C(=O)CC2C(N)=O)CC1. The molecule has 1 aromatic rings. The van der Waals surface area contributed by atoms with Gasteiger partial charge >= 0.3 is 6.03 Å². The number of ether oxygens (including phenoxy) is 1. The zero-order valence-corrected chi connectivity index (χ0v) is 15.7. The smallest absolute Gasteiger partial charge is 0.331 e. The van der Waals surface area contributed by atoms with Crippen molar-refractivity contribution in [3.63, 3.8) is 0 Å². The fraction of sp³-hybridized carbons (Fsp3) is 0.526. The summed E-state index contributed by atoms with van der Waals surface area (Å²) >= 11 is 0. The molecule has 8 heteroatoms. The van der Waals surface area contributed by atoms with Crippen molar-refractivity contribution in [1.82, 2.24) is 4.90 Å². The Labute approximate surface area is 158 Å². The van der Waals surface area contributed by atoms with Crippen LogP contribution in [-0.2, 0) is 14.3 Å². The van der Waals surface area contributed by atoms with E-state index in [1.807, 2.05) is 12.1 Å². The number of benzene rings is 1. The van der Waals surface area contributed by atoms with Crippen molar-refractivity contribution in [3.05, 3.63) is 24.3 Å². The Morgan fingerprint density at radius 1 is 1.19 bits per heavy atom. The molecule has 1 unspecified atom stereocenters. The molecular weight excluding hydrogens is 348 g/mol. The summed E-state index contributed by atoms with van der Waals surface area (Å²) in [4.78, 5) is 39.0. The quantitative estimate of drug-likeness (QED) is 0.816. The molecule has 8 nitrogen and oxygen atoms in total. The number of hydrogen-bond acceptors (Lipinski definition) is 5. The van der Waals surface area contributed by atoms with Gasteiger partial charge in [0, 0.05) is 20.2 Å². The molecule has 2 aliphatic rings. The maximum Gasteiger partial charge on any atom is 0.331 e. The van der Waals surface area contributed by atoms with Crippen molar-refractivity contribution in [2.24, 2.45) is 5.73 Å². The topological polar surface area (TPSA) is 105 Å². The Morgan fingerprint density at radius 2 is 1.85 bits per heavy atom. The van der Waals surface area contributed by atoms with Gasteiger partial charge in [-0.3, -0.25) is 19.4 Å². The van der Waals surface area contributed by atoms with E-state index in [2.05, 4.69) is 5.32 Å². The predicted octanol–water partition coefficient (Wildman–Crippen LogP) is 1.70. The van der Waals surface area contributed by atoms with Crippen molar-refractivity contribution in [3.8, 4) is 0 Å². The van der Waals surface area contributed by atoms with Crippen LogP contribution < -0.4 is 16.0 Å². The summed E-state index contributed by atoms with van der Waals surface area (Å²) in [5, 5.41) is 3.49. The highest BCUT2D eigenvalue weighted by Crippen LogP contribution is 2.33. The minimum atomic E-state index is -0.992. The number of urea groups is 1. The number of nitrogens with two attached hydrogens (primary N) is 1. The molecule has 1 aromatic carbocycles. The molecule has 2 fully saturated rings. The third kappa shape index (κ3) is 3.90. The third-order valence-corrected chi connectivity index (χ3v) is 5.41. The van der Waals surface area contributed by atoms with E-state index in [4.69, 9.17) is 10.5 Å². The fourth-order valence-corrected chi connectivity index (χ4v) is 3.76. The maximum absolute atomic E-state index is 12.8. The van der Waals surface area contributed by atoms with Gasteiger partial charge in [0.2, 0.25) is 11.8 Å². The van der Waals surface area contributed by atoms with E-state index in [1.165, 1.54) is 11.9 Å². The van der Waals surface area contributed by atoms with Crippen molar-refractivity contribution in [2.75, 3.05) is 24.4 Å². The summed E-state index contributed by atoms with van der Waals surface area (Å²) in [6, 6.07) is 6.02.